The van der Waals surface area contributed by atoms with Crippen molar-refractivity contribution in [2.75, 3.05) is 19.7 Å². The Morgan fingerprint density at radius 1 is 1.40 bits per heavy atom. The van der Waals surface area contributed by atoms with Crippen molar-refractivity contribution >= 4 is 27.7 Å². The molecule has 6 nitrogen and oxygen atoms in total. The van der Waals surface area contributed by atoms with Gasteiger partial charge in [0.15, 0.2) is 0 Å². The van der Waals surface area contributed by atoms with Gasteiger partial charge in [-0.25, -0.2) is 8.42 Å². The molecule has 1 aliphatic heterocycles. The van der Waals surface area contributed by atoms with E-state index in [4.69, 9.17) is 16.3 Å². The molecule has 0 saturated carbocycles. The van der Waals surface area contributed by atoms with Crippen molar-refractivity contribution in [3.8, 4) is 0 Å². The van der Waals surface area contributed by atoms with Crippen LogP contribution in [-0.2, 0) is 21.3 Å². The number of nitrogens with zero attached hydrogens (tertiary/aromatic N) is 3. The Kier molecular flexibility index (Phi) is 5.58. The number of morpholine rings is 1. The van der Waals surface area contributed by atoms with E-state index in [1.807, 2.05) is 19.2 Å². The highest BCUT2D eigenvalue weighted by atomic mass is 35.5. The summed E-state index contributed by atoms with van der Waals surface area (Å²) in [7, 11) is -3.55. The van der Waals surface area contributed by atoms with Gasteiger partial charge in [-0.2, -0.15) is 9.40 Å². The second kappa shape index (κ2) is 7.70. The summed E-state index contributed by atoms with van der Waals surface area (Å²) < 4.78 is 34.2. The summed E-state index contributed by atoms with van der Waals surface area (Å²) in [5.74, 6) is 0. The fraction of sp³-hybridized carbons (Fsp3) is 0.353. The molecule has 134 valence electrons. The number of benzene rings is 1. The number of aryl methyl sites for hydroxylation is 1. The normalized spacial score (nSPS) is 19.5. The molecule has 8 heteroatoms. The molecule has 2 aromatic rings. The maximum Gasteiger partial charge on any atom is 0.236 e. The van der Waals surface area contributed by atoms with Crippen LogP contribution in [0, 0.1) is 0 Å². The first kappa shape index (κ1) is 18.1. The van der Waals surface area contributed by atoms with E-state index in [2.05, 4.69) is 5.10 Å². The second-order valence-corrected chi connectivity index (χ2v) is 7.94. The standard InChI is InChI=1S/C17H20ClN3O3S/c1-2-20-12-15(11-19-20)17-13-21(8-9-24-17)25(22,23)10-7-14-5-3-4-6-16(14)18/h3-7,10-12,17H,2,8-9,13H2,1H3/b10-7+. The number of aromatic nitrogens is 2. The van der Waals surface area contributed by atoms with Gasteiger partial charge in [-0.15, -0.1) is 0 Å². The topological polar surface area (TPSA) is 64.4 Å². The van der Waals surface area contributed by atoms with Crippen molar-refractivity contribution in [2.45, 2.75) is 19.6 Å². The van der Waals surface area contributed by atoms with Crippen molar-refractivity contribution in [1.82, 2.24) is 14.1 Å². The zero-order valence-corrected chi connectivity index (χ0v) is 15.4. The van der Waals surface area contributed by atoms with Gasteiger partial charge in [0.05, 0.1) is 18.9 Å². The van der Waals surface area contributed by atoms with Crippen LogP contribution in [0.5, 0.6) is 0 Å². The molecule has 0 radical (unpaired) electrons. The molecular weight excluding hydrogens is 362 g/mol. The Bertz CT molecular complexity index is 864. The van der Waals surface area contributed by atoms with E-state index >= 15 is 0 Å². The van der Waals surface area contributed by atoms with Crippen LogP contribution < -0.4 is 0 Å². The Hall–Kier alpha value is -1.67. The van der Waals surface area contributed by atoms with Crippen LogP contribution in [0.1, 0.15) is 24.2 Å². The average Bonchev–Trinajstić information content (AvgIpc) is 3.10. The van der Waals surface area contributed by atoms with Gasteiger partial charge in [-0.3, -0.25) is 4.68 Å². The minimum absolute atomic E-state index is 0.268. The van der Waals surface area contributed by atoms with Gasteiger partial charge in [-0.05, 0) is 24.6 Å². The number of sulfonamides is 1. The van der Waals surface area contributed by atoms with Gasteiger partial charge >= 0.3 is 0 Å². The smallest absolute Gasteiger partial charge is 0.236 e. The summed E-state index contributed by atoms with van der Waals surface area (Å²) >= 11 is 6.07. The van der Waals surface area contributed by atoms with Crippen molar-refractivity contribution in [3.05, 3.63) is 58.2 Å². The Labute approximate surface area is 152 Å². The zero-order chi connectivity index (χ0) is 17.9. The third-order valence-corrected chi connectivity index (χ3v) is 5.94. The lowest BCUT2D eigenvalue weighted by atomic mass is 10.2. The number of halogens is 1. The molecule has 0 aliphatic carbocycles. The van der Waals surface area contributed by atoms with Gasteiger partial charge in [0.1, 0.15) is 0 Å². The highest BCUT2D eigenvalue weighted by molar-refractivity contribution is 7.92. The van der Waals surface area contributed by atoms with E-state index in [-0.39, 0.29) is 12.6 Å². The molecule has 1 aromatic heterocycles. The molecule has 1 saturated heterocycles. The highest BCUT2D eigenvalue weighted by Gasteiger charge is 2.29. The summed E-state index contributed by atoms with van der Waals surface area (Å²) in [6, 6.07) is 7.12. The van der Waals surface area contributed by atoms with Gasteiger partial charge in [0, 0.05) is 41.8 Å². The molecule has 1 unspecified atom stereocenters. The van der Waals surface area contributed by atoms with Crippen LogP contribution in [0.25, 0.3) is 6.08 Å². The molecule has 1 aromatic carbocycles. The van der Waals surface area contributed by atoms with Crippen LogP contribution in [0.3, 0.4) is 0 Å². The molecular formula is C17H20ClN3O3S. The highest BCUT2D eigenvalue weighted by Crippen LogP contribution is 2.24. The predicted molar refractivity (Wildman–Crippen MR) is 97.6 cm³/mol. The molecule has 3 rings (SSSR count). The van der Waals surface area contributed by atoms with E-state index in [1.165, 1.54) is 15.8 Å². The summed E-state index contributed by atoms with van der Waals surface area (Å²) in [4.78, 5) is 0. The second-order valence-electron chi connectivity index (χ2n) is 5.72. The van der Waals surface area contributed by atoms with Crippen molar-refractivity contribution in [3.63, 3.8) is 0 Å². The average molecular weight is 382 g/mol. The number of hydrogen-bond acceptors (Lipinski definition) is 4. The summed E-state index contributed by atoms with van der Waals surface area (Å²) in [6.07, 6.45) is 4.83. The molecule has 0 bridgehead atoms. The Morgan fingerprint density at radius 3 is 2.92 bits per heavy atom. The first-order valence-corrected chi connectivity index (χ1v) is 9.94. The quantitative estimate of drug-likeness (QED) is 0.798. The van der Waals surface area contributed by atoms with E-state index in [9.17, 15) is 8.42 Å². The molecule has 1 fully saturated rings. The van der Waals surface area contributed by atoms with Crippen molar-refractivity contribution < 1.29 is 13.2 Å². The minimum atomic E-state index is -3.55. The lowest BCUT2D eigenvalue weighted by Gasteiger charge is -2.30. The molecule has 25 heavy (non-hydrogen) atoms. The monoisotopic (exact) mass is 381 g/mol. The molecule has 1 aliphatic rings. The summed E-state index contributed by atoms with van der Waals surface area (Å²) in [5, 5.41) is 5.94. The Balaban J connectivity index is 1.74. The fourth-order valence-corrected chi connectivity index (χ4v) is 3.99. The number of hydrogen-bond donors (Lipinski definition) is 0. The number of ether oxygens (including phenoxy) is 1. The van der Waals surface area contributed by atoms with E-state index in [0.29, 0.717) is 23.7 Å². The first-order valence-electron chi connectivity index (χ1n) is 8.06. The lowest BCUT2D eigenvalue weighted by Crippen LogP contribution is -2.41. The van der Waals surface area contributed by atoms with E-state index in [0.717, 1.165) is 12.1 Å². The molecule has 1 atom stereocenters. The SMILES string of the molecule is CCn1cc(C2CN(S(=O)(=O)/C=C/c3ccccc3Cl)CCO2)cn1. The van der Waals surface area contributed by atoms with Crippen LogP contribution in [-0.4, -0.2) is 42.2 Å². The number of rotatable bonds is 5. The Morgan fingerprint density at radius 2 is 2.20 bits per heavy atom. The third kappa shape index (κ3) is 4.30. The maximum atomic E-state index is 12.6. The van der Waals surface area contributed by atoms with Gasteiger partial charge in [0.25, 0.3) is 0 Å². The van der Waals surface area contributed by atoms with Gasteiger partial charge < -0.3 is 4.74 Å². The first-order chi connectivity index (χ1) is 12.0. The zero-order valence-electron chi connectivity index (χ0n) is 13.9. The van der Waals surface area contributed by atoms with Crippen LogP contribution in [0.2, 0.25) is 5.02 Å². The fourth-order valence-electron chi connectivity index (χ4n) is 2.63. The van der Waals surface area contributed by atoms with E-state index < -0.39 is 10.0 Å². The molecule has 0 spiro atoms. The van der Waals surface area contributed by atoms with Crippen LogP contribution in [0.4, 0.5) is 0 Å². The molecule has 0 amide bonds. The third-order valence-electron chi connectivity index (χ3n) is 4.06. The van der Waals surface area contributed by atoms with Crippen molar-refractivity contribution in [2.24, 2.45) is 0 Å². The van der Waals surface area contributed by atoms with Crippen LogP contribution in [0.15, 0.2) is 42.1 Å². The van der Waals surface area contributed by atoms with Gasteiger partial charge in [-0.1, -0.05) is 29.8 Å². The minimum Gasteiger partial charge on any atom is -0.371 e. The van der Waals surface area contributed by atoms with E-state index in [1.54, 1.807) is 29.1 Å². The van der Waals surface area contributed by atoms with Gasteiger partial charge in [0.2, 0.25) is 10.0 Å². The largest absolute Gasteiger partial charge is 0.371 e. The summed E-state index contributed by atoms with van der Waals surface area (Å²) in [5.41, 5.74) is 1.55. The summed E-state index contributed by atoms with van der Waals surface area (Å²) in [6.45, 7) is 3.70. The maximum absolute atomic E-state index is 12.6. The predicted octanol–water partition coefficient (Wildman–Crippen LogP) is 2.93. The lowest BCUT2D eigenvalue weighted by molar-refractivity contribution is -0.00221. The molecule has 0 N–H and O–H groups in total. The van der Waals surface area contributed by atoms with Crippen LogP contribution >= 0.6 is 11.6 Å². The van der Waals surface area contributed by atoms with Crippen molar-refractivity contribution in [1.29, 1.82) is 0 Å². The molecule has 2 heterocycles.